The molecule has 3 aromatic carbocycles. The number of anilines is 1. The number of nitrogens with zero attached hydrogens (tertiary/aromatic N) is 2. The molecule has 0 aliphatic carbocycles. The number of hydrogen-bond donors (Lipinski definition) is 1. The predicted molar refractivity (Wildman–Crippen MR) is 159 cm³/mol. The number of ether oxygens (including phenoxy) is 1. The highest BCUT2D eigenvalue weighted by atomic mass is 32.2. The zero-order valence-electron chi connectivity index (χ0n) is 23.8. The van der Waals surface area contributed by atoms with Crippen molar-refractivity contribution in [1.29, 1.82) is 0 Å². The molecule has 0 saturated heterocycles. The first-order valence-corrected chi connectivity index (χ1v) is 15.5. The molecule has 41 heavy (non-hydrogen) atoms. The van der Waals surface area contributed by atoms with E-state index in [9.17, 15) is 22.4 Å². The fourth-order valence-electron chi connectivity index (χ4n) is 4.36. The number of rotatable bonds is 15. The standard InChI is InChI=1S/C31H38FN3O5S/c1-4-6-20-33-31(37)29(21-24-12-8-7-9-13-24)34(22-25-14-10-11-15-28(25)32)30(36)23-35(41(3,38)39)26-16-18-27(19-17-26)40-5-2/h7-19,29H,4-6,20-23H2,1-3H3,(H,33,37). The van der Waals surface area contributed by atoms with Gasteiger partial charge in [0.25, 0.3) is 0 Å². The van der Waals surface area contributed by atoms with Crippen LogP contribution in [0.2, 0.25) is 0 Å². The molecule has 2 amide bonds. The van der Waals surface area contributed by atoms with Gasteiger partial charge in [-0.3, -0.25) is 13.9 Å². The van der Waals surface area contributed by atoms with Gasteiger partial charge in [0.15, 0.2) is 0 Å². The van der Waals surface area contributed by atoms with Crippen molar-refractivity contribution in [2.24, 2.45) is 0 Å². The molecule has 1 unspecified atom stereocenters. The number of halogens is 1. The maximum absolute atomic E-state index is 14.8. The van der Waals surface area contributed by atoms with Gasteiger partial charge in [0, 0.05) is 25.1 Å². The maximum Gasteiger partial charge on any atom is 0.244 e. The molecular weight excluding hydrogens is 545 g/mol. The first-order chi connectivity index (χ1) is 19.6. The lowest BCUT2D eigenvalue weighted by Gasteiger charge is -2.33. The molecule has 0 bridgehead atoms. The van der Waals surface area contributed by atoms with Gasteiger partial charge in [0.2, 0.25) is 21.8 Å². The van der Waals surface area contributed by atoms with E-state index in [-0.39, 0.29) is 30.1 Å². The van der Waals surface area contributed by atoms with Crippen molar-refractivity contribution in [2.75, 3.05) is 30.3 Å². The molecule has 0 aromatic heterocycles. The quantitative estimate of drug-likeness (QED) is 0.265. The normalized spacial score (nSPS) is 11.9. The molecule has 8 nitrogen and oxygen atoms in total. The minimum Gasteiger partial charge on any atom is -0.494 e. The van der Waals surface area contributed by atoms with Crippen LogP contribution < -0.4 is 14.4 Å². The Morgan fingerprint density at radius 2 is 1.61 bits per heavy atom. The van der Waals surface area contributed by atoms with Gasteiger partial charge < -0.3 is 15.0 Å². The second kappa shape index (κ2) is 15.2. The maximum atomic E-state index is 14.8. The summed E-state index contributed by atoms with van der Waals surface area (Å²) in [5.41, 5.74) is 1.29. The Bertz CT molecular complexity index is 1380. The Hall–Kier alpha value is -3.92. The molecule has 220 valence electrons. The Kier molecular flexibility index (Phi) is 11.7. The number of sulfonamides is 1. The van der Waals surface area contributed by atoms with Crippen LogP contribution in [0.4, 0.5) is 10.1 Å². The van der Waals surface area contributed by atoms with Gasteiger partial charge >= 0.3 is 0 Å². The van der Waals surface area contributed by atoms with E-state index in [4.69, 9.17) is 4.74 Å². The highest BCUT2D eigenvalue weighted by molar-refractivity contribution is 7.92. The van der Waals surface area contributed by atoms with Gasteiger partial charge in [-0.1, -0.05) is 61.9 Å². The van der Waals surface area contributed by atoms with Gasteiger partial charge in [-0.05, 0) is 49.2 Å². The molecule has 0 fully saturated rings. The van der Waals surface area contributed by atoms with Crippen molar-refractivity contribution >= 4 is 27.5 Å². The smallest absolute Gasteiger partial charge is 0.244 e. The molecule has 0 aliphatic heterocycles. The summed E-state index contributed by atoms with van der Waals surface area (Å²) in [6.07, 6.45) is 2.80. The van der Waals surface area contributed by atoms with Crippen LogP contribution in [0.15, 0.2) is 78.9 Å². The van der Waals surface area contributed by atoms with E-state index < -0.39 is 34.3 Å². The number of hydrogen-bond acceptors (Lipinski definition) is 5. The van der Waals surface area contributed by atoms with Gasteiger partial charge in [0.05, 0.1) is 18.6 Å². The Morgan fingerprint density at radius 1 is 0.951 bits per heavy atom. The summed E-state index contributed by atoms with van der Waals surface area (Å²) >= 11 is 0. The van der Waals surface area contributed by atoms with E-state index in [0.29, 0.717) is 18.9 Å². The largest absolute Gasteiger partial charge is 0.494 e. The Labute approximate surface area is 242 Å². The lowest BCUT2D eigenvalue weighted by molar-refractivity contribution is -0.140. The van der Waals surface area contributed by atoms with Crippen LogP contribution in [0.25, 0.3) is 0 Å². The summed E-state index contributed by atoms with van der Waals surface area (Å²) in [5.74, 6) is -0.997. The molecule has 1 atom stereocenters. The first kappa shape index (κ1) is 31.6. The van der Waals surface area contributed by atoms with Crippen molar-refractivity contribution in [3.05, 3.63) is 95.8 Å². The van der Waals surface area contributed by atoms with Gasteiger partial charge in [0.1, 0.15) is 24.2 Å². The van der Waals surface area contributed by atoms with E-state index in [0.717, 1.165) is 29.0 Å². The van der Waals surface area contributed by atoms with Crippen molar-refractivity contribution in [3.8, 4) is 5.75 Å². The van der Waals surface area contributed by atoms with Crippen LogP contribution >= 0.6 is 0 Å². The predicted octanol–water partition coefficient (Wildman–Crippen LogP) is 4.55. The molecule has 0 radical (unpaired) electrons. The number of nitrogens with one attached hydrogen (secondary N) is 1. The molecule has 10 heteroatoms. The zero-order valence-corrected chi connectivity index (χ0v) is 24.6. The number of carbonyl (C=O) groups excluding carboxylic acids is 2. The molecule has 3 aromatic rings. The number of carbonyl (C=O) groups is 2. The molecule has 3 rings (SSSR count). The first-order valence-electron chi connectivity index (χ1n) is 13.7. The fourth-order valence-corrected chi connectivity index (χ4v) is 5.21. The van der Waals surface area contributed by atoms with Crippen molar-refractivity contribution < 1.29 is 27.1 Å². The number of unbranched alkanes of at least 4 members (excludes halogenated alkanes) is 1. The third-order valence-corrected chi connectivity index (χ3v) is 7.65. The summed E-state index contributed by atoms with van der Waals surface area (Å²) in [6, 6.07) is 20.6. The lowest BCUT2D eigenvalue weighted by atomic mass is 10.0. The van der Waals surface area contributed by atoms with Crippen LogP contribution in [-0.2, 0) is 32.6 Å². The molecular formula is C31H38FN3O5S. The SMILES string of the molecule is CCCCNC(=O)C(Cc1ccccc1)N(Cc1ccccc1F)C(=O)CN(c1ccc(OCC)cc1)S(C)(=O)=O. The second-order valence-corrected chi connectivity index (χ2v) is 11.6. The average molecular weight is 584 g/mol. The summed E-state index contributed by atoms with van der Waals surface area (Å²) in [4.78, 5) is 28.8. The van der Waals surface area contributed by atoms with Crippen molar-refractivity contribution in [2.45, 2.75) is 45.7 Å². The van der Waals surface area contributed by atoms with Crippen LogP contribution in [0.1, 0.15) is 37.8 Å². The molecule has 0 heterocycles. The summed E-state index contributed by atoms with van der Waals surface area (Å²) in [5, 5.41) is 2.90. The van der Waals surface area contributed by atoms with E-state index in [2.05, 4.69) is 5.32 Å². The number of benzene rings is 3. The van der Waals surface area contributed by atoms with E-state index in [1.165, 1.54) is 11.0 Å². The van der Waals surface area contributed by atoms with E-state index >= 15 is 0 Å². The van der Waals surface area contributed by atoms with Crippen LogP contribution in [0.3, 0.4) is 0 Å². The topological polar surface area (TPSA) is 96.0 Å². The molecule has 0 saturated carbocycles. The molecule has 0 spiro atoms. The Balaban J connectivity index is 2.02. The zero-order chi connectivity index (χ0) is 29.8. The third-order valence-electron chi connectivity index (χ3n) is 6.51. The average Bonchev–Trinajstić information content (AvgIpc) is 2.95. The van der Waals surface area contributed by atoms with E-state index in [1.807, 2.05) is 44.2 Å². The van der Waals surface area contributed by atoms with Crippen LogP contribution in [0.5, 0.6) is 5.75 Å². The highest BCUT2D eigenvalue weighted by Crippen LogP contribution is 2.23. The van der Waals surface area contributed by atoms with E-state index in [1.54, 1.807) is 42.5 Å². The minimum atomic E-state index is -3.90. The lowest BCUT2D eigenvalue weighted by Crippen LogP contribution is -2.53. The summed E-state index contributed by atoms with van der Waals surface area (Å²) < 4.78 is 47.0. The minimum absolute atomic E-state index is 0.168. The van der Waals surface area contributed by atoms with Crippen molar-refractivity contribution in [3.63, 3.8) is 0 Å². The summed E-state index contributed by atoms with van der Waals surface area (Å²) in [6.45, 7) is 3.91. The Morgan fingerprint density at radius 3 is 2.22 bits per heavy atom. The van der Waals surface area contributed by atoms with Crippen LogP contribution in [0, 0.1) is 5.82 Å². The second-order valence-electron chi connectivity index (χ2n) is 9.66. The third kappa shape index (κ3) is 9.31. The van der Waals surface area contributed by atoms with Crippen molar-refractivity contribution in [1.82, 2.24) is 10.2 Å². The van der Waals surface area contributed by atoms with Gasteiger partial charge in [-0.2, -0.15) is 0 Å². The summed E-state index contributed by atoms with van der Waals surface area (Å²) in [7, 11) is -3.90. The fraction of sp³-hybridized carbons (Fsp3) is 0.355. The van der Waals surface area contributed by atoms with Crippen LogP contribution in [-0.4, -0.2) is 57.1 Å². The molecule has 0 aliphatic rings. The van der Waals surface area contributed by atoms with Gasteiger partial charge in [-0.25, -0.2) is 12.8 Å². The molecule has 1 N–H and O–H groups in total. The number of amides is 2. The van der Waals surface area contributed by atoms with Gasteiger partial charge in [-0.15, -0.1) is 0 Å². The monoisotopic (exact) mass is 583 g/mol. The highest BCUT2D eigenvalue weighted by Gasteiger charge is 2.33.